The largest absolute Gasteiger partial charge is 0.350 e. The van der Waals surface area contributed by atoms with Crippen molar-refractivity contribution in [2.24, 2.45) is 0 Å². The third-order valence-corrected chi connectivity index (χ3v) is 7.62. The summed E-state index contributed by atoms with van der Waals surface area (Å²) in [6.07, 6.45) is 0. The molecule has 0 saturated carbocycles. The van der Waals surface area contributed by atoms with Crippen LogP contribution in [-0.4, -0.2) is 15.9 Å². The van der Waals surface area contributed by atoms with E-state index in [0.29, 0.717) is 44.2 Å². The smallest absolute Gasteiger partial charge is 0.248 e. The lowest BCUT2D eigenvalue weighted by molar-refractivity contribution is -0.122. The van der Waals surface area contributed by atoms with E-state index in [1.165, 1.54) is 12.1 Å². The quantitative estimate of drug-likeness (QED) is 0.173. The summed E-state index contributed by atoms with van der Waals surface area (Å²) in [5.41, 5.74) is 4.14. The number of carbonyl (C=O) groups is 1. The second-order valence-corrected chi connectivity index (χ2v) is 11.7. The predicted molar refractivity (Wildman–Crippen MR) is 179 cm³/mol. The highest BCUT2D eigenvalue weighted by Gasteiger charge is 2.33. The number of nitrogens with zero attached hydrogens (tertiary/aromatic N) is 3. The van der Waals surface area contributed by atoms with Crippen LogP contribution in [0.5, 0.6) is 0 Å². The Morgan fingerprint density at radius 3 is 2.09 bits per heavy atom. The van der Waals surface area contributed by atoms with E-state index < -0.39 is 11.9 Å². The molecule has 5 nitrogen and oxygen atoms in total. The number of aromatic nitrogens is 2. The fourth-order valence-corrected chi connectivity index (χ4v) is 5.01. The van der Waals surface area contributed by atoms with E-state index in [9.17, 15) is 9.18 Å². The Morgan fingerprint density at radius 1 is 0.844 bits per heavy atom. The lowest BCUT2D eigenvalue weighted by Crippen LogP contribution is -2.39. The summed E-state index contributed by atoms with van der Waals surface area (Å²) >= 11 is 12.4. The van der Waals surface area contributed by atoms with Gasteiger partial charge in [0.15, 0.2) is 5.82 Å². The normalized spacial score (nSPS) is 11.4. The van der Waals surface area contributed by atoms with Gasteiger partial charge in [0.25, 0.3) is 0 Å². The molecule has 226 valence electrons. The van der Waals surface area contributed by atoms with Gasteiger partial charge in [0, 0.05) is 33.8 Å². The van der Waals surface area contributed by atoms with Crippen LogP contribution < -0.4 is 10.2 Å². The Kier molecular flexibility index (Phi) is 10.1. The van der Waals surface area contributed by atoms with E-state index in [2.05, 4.69) is 17.2 Å². The molecule has 1 aromatic heterocycles. The number of aryl methyl sites for hydroxylation is 1. The highest BCUT2D eigenvalue weighted by molar-refractivity contribution is 6.30. The van der Waals surface area contributed by atoms with E-state index in [1.807, 2.05) is 80.3 Å². The van der Waals surface area contributed by atoms with Crippen LogP contribution in [0.3, 0.4) is 0 Å². The summed E-state index contributed by atoms with van der Waals surface area (Å²) < 4.78 is 14.2. The van der Waals surface area contributed by atoms with Crippen LogP contribution in [0.4, 0.5) is 15.9 Å². The second kappa shape index (κ2) is 14.4. The van der Waals surface area contributed by atoms with Crippen LogP contribution in [0, 0.1) is 24.6 Å². The van der Waals surface area contributed by atoms with Gasteiger partial charge in [-0.1, -0.05) is 91.4 Å². The van der Waals surface area contributed by atoms with Crippen molar-refractivity contribution in [3.8, 4) is 11.8 Å². The van der Waals surface area contributed by atoms with Crippen LogP contribution in [0.1, 0.15) is 59.6 Å². The minimum Gasteiger partial charge on any atom is -0.350 e. The topological polar surface area (TPSA) is 58.1 Å². The average Bonchev–Trinajstić information content (AvgIpc) is 3.04. The molecule has 0 aliphatic heterocycles. The van der Waals surface area contributed by atoms with Crippen LogP contribution in [0.15, 0.2) is 103 Å². The summed E-state index contributed by atoms with van der Waals surface area (Å²) in [7, 11) is 0. The zero-order valence-corrected chi connectivity index (χ0v) is 26.6. The van der Waals surface area contributed by atoms with E-state index in [-0.39, 0.29) is 18.4 Å². The maximum atomic E-state index is 14.3. The van der Waals surface area contributed by atoms with Gasteiger partial charge >= 0.3 is 0 Å². The van der Waals surface area contributed by atoms with Gasteiger partial charge in [-0.05, 0) is 78.7 Å². The number of rotatable bonds is 8. The first-order valence-electron chi connectivity index (χ1n) is 14.5. The van der Waals surface area contributed by atoms with Crippen molar-refractivity contribution in [2.75, 3.05) is 4.90 Å². The summed E-state index contributed by atoms with van der Waals surface area (Å²) in [5, 5.41) is 4.21. The summed E-state index contributed by atoms with van der Waals surface area (Å²) in [5.74, 6) is 6.85. The van der Waals surface area contributed by atoms with Crippen molar-refractivity contribution in [1.82, 2.24) is 15.3 Å². The van der Waals surface area contributed by atoms with Crippen LogP contribution in [0.25, 0.3) is 0 Å². The molecule has 45 heavy (non-hydrogen) atoms. The molecule has 1 amide bonds. The molecule has 0 saturated heterocycles. The molecule has 5 aromatic rings. The summed E-state index contributed by atoms with van der Waals surface area (Å²) in [6, 6.07) is 29.0. The van der Waals surface area contributed by atoms with Crippen molar-refractivity contribution < 1.29 is 9.18 Å². The van der Waals surface area contributed by atoms with Crippen LogP contribution >= 0.6 is 23.2 Å². The van der Waals surface area contributed by atoms with Crippen molar-refractivity contribution in [1.29, 1.82) is 0 Å². The van der Waals surface area contributed by atoms with Crippen molar-refractivity contribution >= 4 is 40.6 Å². The highest BCUT2D eigenvalue weighted by Crippen LogP contribution is 2.38. The fourth-order valence-electron chi connectivity index (χ4n) is 4.76. The van der Waals surface area contributed by atoms with Crippen molar-refractivity contribution in [2.45, 2.75) is 39.3 Å². The first-order chi connectivity index (χ1) is 21.7. The molecule has 0 bridgehead atoms. The molecule has 0 spiro atoms. The first-order valence-corrected chi connectivity index (χ1v) is 15.2. The lowest BCUT2D eigenvalue weighted by atomic mass is 10.0. The van der Waals surface area contributed by atoms with Crippen LogP contribution in [0.2, 0.25) is 10.0 Å². The number of hydrogen-bond acceptors (Lipinski definition) is 4. The third-order valence-electron chi connectivity index (χ3n) is 7.12. The Bertz CT molecular complexity index is 1830. The molecule has 5 rings (SSSR count). The molecule has 0 aliphatic carbocycles. The Labute approximate surface area is 273 Å². The molecule has 4 aromatic carbocycles. The van der Waals surface area contributed by atoms with Crippen LogP contribution in [-0.2, 0) is 11.3 Å². The predicted octanol–water partition coefficient (Wildman–Crippen LogP) is 8.95. The van der Waals surface area contributed by atoms with Gasteiger partial charge in [-0.15, -0.1) is 0 Å². The number of halogens is 3. The number of amides is 1. The molecular formula is C37H31Cl2FN4O. The summed E-state index contributed by atoms with van der Waals surface area (Å²) in [4.78, 5) is 26.0. The number of carbonyl (C=O) groups excluding carboxylic acids is 1. The van der Waals surface area contributed by atoms with E-state index >= 15 is 0 Å². The van der Waals surface area contributed by atoms with Crippen molar-refractivity contribution in [3.63, 3.8) is 0 Å². The molecule has 0 radical (unpaired) electrons. The van der Waals surface area contributed by atoms with E-state index in [1.54, 1.807) is 36.4 Å². The fraction of sp³-hybridized carbons (Fsp3) is 0.162. The van der Waals surface area contributed by atoms with Gasteiger partial charge in [-0.2, -0.15) is 0 Å². The van der Waals surface area contributed by atoms with E-state index in [0.717, 1.165) is 11.1 Å². The zero-order chi connectivity index (χ0) is 31.9. The van der Waals surface area contributed by atoms with Gasteiger partial charge in [-0.25, -0.2) is 14.4 Å². The first kappa shape index (κ1) is 31.7. The summed E-state index contributed by atoms with van der Waals surface area (Å²) in [6.45, 7) is 6.16. The van der Waals surface area contributed by atoms with Gasteiger partial charge < -0.3 is 10.2 Å². The van der Waals surface area contributed by atoms with E-state index in [4.69, 9.17) is 33.2 Å². The molecule has 1 unspecified atom stereocenters. The molecule has 1 heterocycles. The SMILES string of the molecule is Cc1nc(C(C)C)nc(N(c2ccc(Cl)cc2)C(C(=O)NCc2ccc(Cl)cc2)c2ccc(F)cc2)c1C#Cc1ccccc1. The van der Waals surface area contributed by atoms with Crippen molar-refractivity contribution in [3.05, 3.63) is 153 Å². The molecule has 8 heteroatoms. The zero-order valence-electron chi connectivity index (χ0n) is 25.1. The highest BCUT2D eigenvalue weighted by atomic mass is 35.5. The number of hydrogen-bond donors (Lipinski definition) is 1. The Morgan fingerprint density at radius 2 is 1.47 bits per heavy atom. The minimum atomic E-state index is -0.967. The average molecular weight is 638 g/mol. The maximum Gasteiger partial charge on any atom is 0.248 e. The number of anilines is 2. The third kappa shape index (κ3) is 7.88. The monoisotopic (exact) mass is 636 g/mol. The molecule has 1 atom stereocenters. The molecular weight excluding hydrogens is 606 g/mol. The second-order valence-electron chi connectivity index (χ2n) is 10.8. The number of benzene rings is 4. The molecule has 0 fully saturated rings. The molecule has 1 N–H and O–H groups in total. The lowest BCUT2D eigenvalue weighted by Gasteiger charge is -2.34. The Balaban J connectivity index is 1.72. The minimum absolute atomic E-state index is 0.00588. The maximum absolute atomic E-state index is 14.3. The van der Waals surface area contributed by atoms with Gasteiger partial charge in [0.2, 0.25) is 5.91 Å². The number of nitrogens with one attached hydrogen (secondary N) is 1. The van der Waals surface area contributed by atoms with Gasteiger partial charge in [0.05, 0.1) is 11.3 Å². The Hall–Kier alpha value is -4.70. The van der Waals surface area contributed by atoms with Gasteiger partial charge in [-0.3, -0.25) is 4.79 Å². The molecule has 0 aliphatic rings. The van der Waals surface area contributed by atoms with Gasteiger partial charge in [0.1, 0.15) is 17.7 Å². The standard InChI is InChI=1S/C37H31Cl2FN4O/c1-24(2)35-42-25(3)33(22-11-26-7-5-4-6-8-26)36(43-35)44(32-20-16-30(39)17-21-32)34(28-12-18-31(40)19-13-28)37(45)41-23-27-9-14-29(38)15-10-27/h4-10,12-21,24,34H,23H2,1-3H3,(H,41,45).